The summed E-state index contributed by atoms with van der Waals surface area (Å²) in [6.45, 7) is 3.74. The molecule has 198 valence electrons. The smallest absolute Gasteiger partial charge is 0.302 e. The van der Waals surface area contributed by atoms with Crippen molar-refractivity contribution in [2.75, 3.05) is 18.9 Å². The highest BCUT2D eigenvalue weighted by atomic mass is 35.5. The molecule has 4 rings (SSSR count). The van der Waals surface area contributed by atoms with Crippen LogP contribution >= 0.6 is 23.2 Å². The third-order valence-corrected chi connectivity index (χ3v) is 6.45. The lowest BCUT2D eigenvalue weighted by atomic mass is 9.95. The van der Waals surface area contributed by atoms with E-state index in [1.807, 2.05) is 6.92 Å². The Morgan fingerprint density at radius 1 is 1.32 bits per heavy atom. The van der Waals surface area contributed by atoms with Crippen LogP contribution in [0.4, 0.5) is 10.4 Å². The molecule has 0 radical (unpaired) electrons. The average molecular weight is 558 g/mol. The average Bonchev–Trinajstić information content (AvgIpc) is 3.28. The zero-order chi connectivity index (χ0) is 27.4. The third-order valence-electron chi connectivity index (χ3n) is 5.89. The van der Waals surface area contributed by atoms with Crippen molar-refractivity contribution in [1.29, 1.82) is 0 Å². The quantitative estimate of drug-likeness (QED) is 0.306. The number of rotatable bonds is 7. The first-order chi connectivity index (χ1) is 18.2. The second-order valence-electron chi connectivity index (χ2n) is 8.39. The van der Waals surface area contributed by atoms with Crippen LogP contribution in [-0.4, -0.2) is 36.7 Å². The van der Waals surface area contributed by atoms with Gasteiger partial charge in [0.2, 0.25) is 5.96 Å². The van der Waals surface area contributed by atoms with Gasteiger partial charge >= 0.3 is 6.01 Å². The van der Waals surface area contributed by atoms with Gasteiger partial charge in [0, 0.05) is 58.4 Å². The summed E-state index contributed by atoms with van der Waals surface area (Å²) in [4.78, 5) is 26.4. The summed E-state index contributed by atoms with van der Waals surface area (Å²) in [5.74, 6) is -0.469. The number of hydrogen-bond acceptors (Lipinski definition) is 8. The number of aryl methyl sites for hydroxylation is 1. The van der Waals surface area contributed by atoms with E-state index in [2.05, 4.69) is 25.9 Å². The predicted octanol–water partition coefficient (Wildman–Crippen LogP) is 4.88. The SMILES string of the molecule is CCc1c(F)ccc2nc(NC3=NC(c4ccc(Cl)cc4Cl)C(C(=O)NCC(C=NC)=CN)=C(C)N3)oc12. The lowest BCUT2D eigenvalue weighted by Crippen LogP contribution is -2.39. The summed E-state index contributed by atoms with van der Waals surface area (Å²) < 4.78 is 20.0. The summed E-state index contributed by atoms with van der Waals surface area (Å²) >= 11 is 12.6. The zero-order valence-electron chi connectivity index (χ0n) is 20.9. The molecule has 12 heteroatoms. The van der Waals surface area contributed by atoms with E-state index in [-0.39, 0.29) is 30.2 Å². The molecule has 0 spiro atoms. The minimum atomic E-state index is -0.790. The maximum absolute atomic E-state index is 14.2. The maximum Gasteiger partial charge on any atom is 0.302 e. The van der Waals surface area contributed by atoms with Crippen LogP contribution in [0.2, 0.25) is 10.0 Å². The molecule has 1 amide bonds. The molecule has 2 heterocycles. The van der Waals surface area contributed by atoms with Gasteiger partial charge in [-0.15, -0.1) is 0 Å². The van der Waals surface area contributed by atoms with Crippen LogP contribution in [0, 0.1) is 5.82 Å². The Labute approximate surface area is 228 Å². The molecule has 5 N–H and O–H groups in total. The number of anilines is 1. The number of oxazole rings is 1. The molecule has 0 bridgehead atoms. The van der Waals surface area contributed by atoms with E-state index in [0.717, 1.165) is 0 Å². The number of amides is 1. The van der Waals surface area contributed by atoms with Crippen LogP contribution in [0.3, 0.4) is 0 Å². The number of carbonyl (C=O) groups excluding carboxylic acids is 1. The molecule has 9 nitrogen and oxygen atoms in total. The minimum Gasteiger partial charge on any atom is -0.423 e. The van der Waals surface area contributed by atoms with Gasteiger partial charge in [0.05, 0.1) is 5.57 Å². The van der Waals surface area contributed by atoms with Crippen molar-refractivity contribution in [1.82, 2.24) is 15.6 Å². The van der Waals surface area contributed by atoms with E-state index >= 15 is 0 Å². The molecule has 0 saturated carbocycles. The van der Waals surface area contributed by atoms with Crippen molar-refractivity contribution >= 4 is 58.4 Å². The Bertz CT molecular complexity index is 1510. The topological polar surface area (TPSA) is 130 Å². The lowest BCUT2D eigenvalue weighted by molar-refractivity contribution is -0.117. The number of carbonyl (C=O) groups is 1. The fraction of sp³-hybridized carbons (Fsp3) is 0.231. The standard InChI is InChI=1S/C26H26Cl2FN7O2/c1-4-16-19(29)7-8-20-23(16)38-26(34-20)36-25-33-13(2)21(24(37)32-12-14(10-30)11-31-3)22(35-25)17-6-5-15(27)9-18(17)28/h5-11,22H,4,12,30H2,1-3H3,(H,32,37)(H2,33,34,35,36). The number of fused-ring (bicyclic) bond motifs is 1. The van der Waals surface area contributed by atoms with Gasteiger partial charge in [0.25, 0.3) is 5.91 Å². The van der Waals surface area contributed by atoms with Crippen molar-refractivity contribution in [3.63, 3.8) is 0 Å². The van der Waals surface area contributed by atoms with E-state index in [0.29, 0.717) is 55.5 Å². The number of allylic oxidation sites excluding steroid dienone is 1. The second-order valence-corrected chi connectivity index (χ2v) is 9.24. The molecule has 1 unspecified atom stereocenters. The van der Waals surface area contributed by atoms with Crippen molar-refractivity contribution in [2.45, 2.75) is 26.3 Å². The maximum atomic E-state index is 14.2. The molecule has 1 aromatic heterocycles. The molecule has 1 aliphatic heterocycles. The van der Waals surface area contributed by atoms with Crippen molar-refractivity contribution in [3.8, 4) is 0 Å². The van der Waals surface area contributed by atoms with E-state index in [9.17, 15) is 9.18 Å². The Kier molecular flexibility index (Phi) is 8.33. The zero-order valence-corrected chi connectivity index (χ0v) is 22.4. The number of nitrogens with one attached hydrogen (secondary N) is 3. The number of benzene rings is 2. The van der Waals surface area contributed by atoms with Gasteiger partial charge in [-0.3, -0.25) is 15.1 Å². The fourth-order valence-electron chi connectivity index (χ4n) is 4.08. The summed E-state index contributed by atoms with van der Waals surface area (Å²) in [6.07, 6.45) is 3.38. The first-order valence-corrected chi connectivity index (χ1v) is 12.5. The molecular weight excluding hydrogens is 532 g/mol. The molecule has 0 saturated heterocycles. The fourth-order valence-corrected chi connectivity index (χ4v) is 4.59. The Morgan fingerprint density at radius 2 is 2.11 bits per heavy atom. The van der Waals surface area contributed by atoms with Gasteiger partial charge in [-0.2, -0.15) is 4.98 Å². The molecule has 3 aromatic rings. The first-order valence-electron chi connectivity index (χ1n) is 11.7. The summed E-state index contributed by atoms with van der Waals surface area (Å²) in [6, 6.07) is 7.21. The van der Waals surface area contributed by atoms with Crippen LogP contribution < -0.4 is 21.7 Å². The monoisotopic (exact) mass is 557 g/mol. The van der Waals surface area contributed by atoms with E-state index in [4.69, 9.17) is 38.3 Å². The van der Waals surface area contributed by atoms with Gasteiger partial charge < -0.3 is 20.8 Å². The number of nitrogens with two attached hydrogens (primary N) is 1. The molecule has 38 heavy (non-hydrogen) atoms. The summed E-state index contributed by atoms with van der Waals surface area (Å²) in [5.41, 5.74) is 8.99. The molecule has 0 aliphatic carbocycles. The van der Waals surface area contributed by atoms with Crippen LogP contribution in [-0.2, 0) is 11.2 Å². The molecular formula is C26H26Cl2FN7O2. The number of hydrogen-bond donors (Lipinski definition) is 4. The van der Waals surface area contributed by atoms with Crippen LogP contribution in [0.5, 0.6) is 0 Å². The van der Waals surface area contributed by atoms with Crippen molar-refractivity contribution in [2.24, 2.45) is 15.7 Å². The highest BCUT2D eigenvalue weighted by Crippen LogP contribution is 2.36. The largest absolute Gasteiger partial charge is 0.423 e. The minimum absolute atomic E-state index is 0.116. The van der Waals surface area contributed by atoms with Crippen molar-refractivity contribution in [3.05, 3.63) is 80.4 Å². The molecule has 2 aromatic carbocycles. The Balaban J connectivity index is 1.69. The molecule has 1 atom stereocenters. The van der Waals surface area contributed by atoms with Gasteiger partial charge in [-0.1, -0.05) is 36.2 Å². The Hall–Kier alpha value is -3.89. The highest BCUT2D eigenvalue weighted by molar-refractivity contribution is 6.35. The van der Waals surface area contributed by atoms with Gasteiger partial charge in [0.15, 0.2) is 5.58 Å². The van der Waals surface area contributed by atoms with Crippen LogP contribution in [0.15, 0.2) is 67.8 Å². The number of aromatic nitrogens is 1. The molecule has 1 aliphatic rings. The number of halogens is 3. The molecule has 0 fully saturated rings. The van der Waals surface area contributed by atoms with Gasteiger partial charge in [-0.05, 0) is 37.6 Å². The van der Waals surface area contributed by atoms with Gasteiger partial charge in [0.1, 0.15) is 17.4 Å². The van der Waals surface area contributed by atoms with Gasteiger partial charge in [-0.25, -0.2) is 9.38 Å². The predicted molar refractivity (Wildman–Crippen MR) is 149 cm³/mol. The van der Waals surface area contributed by atoms with E-state index in [1.165, 1.54) is 12.3 Å². The summed E-state index contributed by atoms with van der Waals surface area (Å²) in [7, 11) is 1.61. The van der Waals surface area contributed by atoms with Crippen LogP contribution in [0.1, 0.15) is 31.0 Å². The van der Waals surface area contributed by atoms with Crippen molar-refractivity contribution < 1.29 is 13.6 Å². The number of nitrogens with zero attached hydrogens (tertiary/aromatic N) is 3. The highest BCUT2D eigenvalue weighted by Gasteiger charge is 2.31. The number of aliphatic imine (C=N–C) groups is 2. The van der Waals surface area contributed by atoms with E-state index < -0.39 is 6.04 Å². The Morgan fingerprint density at radius 3 is 2.79 bits per heavy atom. The van der Waals surface area contributed by atoms with Crippen LogP contribution in [0.25, 0.3) is 11.1 Å². The van der Waals surface area contributed by atoms with E-state index in [1.54, 1.807) is 44.5 Å². The summed E-state index contributed by atoms with van der Waals surface area (Å²) in [5, 5.41) is 9.72. The lowest BCUT2D eigenvalue weighted by Gasteiger charge is -2.27. The number of guanidine groups is 1. The second kappa shape index (κ2) is 11.7. The first kappa shape index (κ1) is 27.2. The normalized spacial score (nSPS) is 16.1. The third kappa shape index (κ3) is 5.66.